The molecule has 1 saturated carbocycles. The van der Waals surface area contributed by atoms with Gasteiger partial charge in [0, 0.05) is 28.7 Å². The zero-order chi connectivity index (χ0) is 21.5. The first-order valence-electron chi connectivity index (χ1n) is 9.63. The average Bonchev–Trinajstić information content (AvgIpc) is 3.36. The lowest BCUT2D eigenvalue weighted by molar-refractivity contribution is -0.115. The van der Waals surface area contributed by atoms with E-state index in [-0.39, 0.29) is 11.5 Å². The van der Waals surface area contributed by atoms with Crippen molar-refractivity contribution >= 4 is 51.2 Å². The zero-order valence-electron chi connectivity index (χ0n) is 16.1. The summed E-state index contributed by atoms with van der Waals surface area (Å²) < 4.78 is 15.7. The normalized spacial score (nSPS) is 17.2. The van der Waals surface area contributed by atoms with Crippen LogP contribution in [0.2, 0.25) is 0 Å². The minimum absolute atomic E-state index is 0.131. The van der Waals surface area contributed by atoms with Gasteiger partial charge in [-0.05, 0) is 36.6 Å². The summed E-state index contributed by atoms with van der Waals surface area (Å²) in [4.78, 5) is 27.9. The number of rotatable bonds is 6. The van der Waals surface area contributed by atoms with Crippen molar-refractivity contribution in [3.63, 3.8) is 0 Å². The summed E-state index contributed by atoms with van der Waals surface area (Å²) >= 11 is 3.37. The Morgan fingerprint density at radius 1 is 1.26 bits per heavy atom. The highest BCUT2D eigenvalue weighted by Crippen LogP contribution is 2.28. The zero-order valence-corrected chi connectivity index (χ0v) is 17.7. The third kappa shape index (κ3) is 4.08. The first-order chi connectivity index (χ1) is 15.0. The van der Waals surface area contributed by atoms with Crippen LogP contribution in [0.25, 0.3) is 11.7 Å². The van der Waals surface area contributed by atoms with Gasteiger partial charge in [0.15, 0.2) is 5.65 Å². The predicted octanol–water partition coefficient (Wildman–Crippen LogP) is 3.00. The molecule has 3 amide bonds. The second kappa shape index (κ2) is 7.65. The van der Waals surface area contributed by atoms with E-state index in [1.165, 1.54) is 18.2 Å². The molecular weight excluding hydrogens is 469 g/mol. The van der Waals surface area contributed by atoms with Gasteiger partial charge >= 0.3 is 6.03 Å². The first-order valence-corrected chi connectivity index (χ1v) is 10.4. The molecule has 0 bridgehead atoms. The molecule has 2 aliphatic rings. The maximum Gasteiger partial charge on any atom is 0.326 e. The Bertz CT molecular complexity index is 1250. The standard InChI is InChI=1S/C20H17BrFN7O2/c21-14-6-12(22)2-1-10(14)8-23-16-7-17(25-13-3-4-13)29-18(27-16)11(9-24-29)5-15-19(30)28-20(31)26-15/h1-2,5-7,9,13,25H,3-4,8H2,(H,23,27)(H2,26,28,30,31)/b15-5+. The molecule has 1 saturated heterocycles. The van der Waals surface area contributed by atoms with Crippen molar-refractivity contribution < 1.29 is 14.0 Å². The molecule has 3 heterocycles. The van der Waals surface area contributed by atoms with Crippen molar-refractivity contribution in [1.82, 2.24) is 25.2 Å². The Balaban J connectivity index is 1.49. The van der Waals surface area contributed by atoms with Crippen LogP contribution in [-0.2, 0) is 11.3 Å². The van der Waals surface area contributed by atoms with Crippen molar-refractivity contribution in [2.75, 3.05) is 10.6 Å². The van der Waals surface area contributed by atoms with Crippen molar-refractivity contribution in [2.45, 2.75) is 25.4 Å². The number of aromatic nitrogens is 3. The van der Waals surface area contributed by atoms with E-state index >= 15 is 0 Å². The Hall–Kier alpha value is -3.47. The molecule has 9 nitrogen and oxygen atoms in total. The molecular formula is C20H17BrFN7O2. The van der Waals surface area contributed by atoms with E-state index in [0.717, 1.165) is 24.2 Å². The highest BCUT2D eigenvalue weighted by molar-refractivity contribution is 9.10. The third-order valence-corrected chi connectivity index (χ3v) is 5.66. The Morgan fingerprint density at radius 2 is 2.10 bits per heavy atom. The molecule has 31 heavy (non-hydrogen) atoms. The second-order valence-corrected chi connectivity index (χ2v) is 8.19. The van der Waals surface area contributed by atoms with E-state index < -0.39 is 11.9 Å². The Morgan fingerprint density at radius 3 is 2.81 bits per heavy atom. The van der Waals surface area contributed by atoms with Crippen molar-refractivity contribution in [2.24, 2.45) is 0 Å². The highest BCUT2D eigenvalue weighted by atomic mass is 79.9. The summed E-state index contributed by atoms with van der Waals surface area (Å²) in [5.74, 6) is 0.534. The fourth-order valence-corrected chi connectivity index (χ4v) is 3.69. The number of benzene rings is 1. The van der Waals surface area contributed by atoms with Gasteiger partial charge in [-0.1, -0.05) is 22.0 Å². The highest BCUT2D eigenvalue weighted by Gasteiger charge is 2.25. The number of halogens is 2. The number of nitrogens with zero attached hydrogens (tertiary/aromatic N) is 3. The average molecular weight is 486 g/mol. The van der Waals surface area contributed by atoms with Crippen LogP contribution >= 0.6 is 15.9 Å². The number of amides is 3. The number of fused-ring (bicyclic) bond motifs is 1. The topological polar surface area (TPSA) is 112 Å². The molecule has 158 valence electrons. The number of imide groups is 1. The predicted molar refractivity (Wildman–Crippen MR) is 116 cm³/mol. The van der Waals surface area contributed by atoms with E-state index in [4.69, 9.17) is 0 Å². The molecule has 2 aromatic heterocycles. The lowest BCUT2D eigenvalue weighted by Gasteiger charge is -2.12. The van der Waals surface area contributed by atoms with E-state index in [1.54, 1.807) is 16.8 Å². The van der Waals surface area contributed by atoms with E-state index in [1.807, 2.05) is 6.07 Å². The second-order valence-electron chi connectivity index (χ2n) is 7.34. The number of anilines is 2. The SMILES string of the molecule is O=C1NC(=O)/C(=C\c2cnn3c(NC4CC4)cc(NCc4ccc(F)cc4Br)nc23)N1. The fourth-order valence-electron chi connectivity index (χ4n) is 3.20. The number of carbonyl (C=O) groups excluding carboxylic acids is 2. The summed E-state index contributed by atoms with van der Waals surface area (Å²) in [6.07, 6.45) is 5.29. The van der Waals surface area contributed by atoms with Gasteiger partial charge in [0.05, 0.1) is 6.20 Å². The summed E-state index contributed by atoms with van der Waals surface area (Å²) in [7, 11) is 0. The largest absolute Gasteiger partial charge is 0.367 e. The van der Waals surface area contributed by atoms with Crippen LogP contribution in [0.3, 0.4) is 0 Å². The van der Waals surface area contributed by atoms with Crippen molar-refractivity contribution in [3.8, 4) is 0 Å². The van der Waals surface area contributed by atoms with Crippen LogP contribution in [0.4, 0.5) is 20.8 Å². The lowest BCUT2D eigenvalue weighted by Crippen LogP contribution is -2.22. The van der Waals surface area contributed by atoms with Gasteiger partial charge < -0.3 is 16.0 Å². The lowest BCUT2D eigenvalue weighted by atomic mass is 10.2. The molecule has 4 N–H and O–H groups in total. The molecule has 1 aromatic carbocycles. The summed E-state index contributed by atoms with van der Waals surface area (Å²) in [6, 6.07) is 6.19. The molecule has 1 aliphatic carbocycles. The van der Waals surface area contributed by atoms with Gasteiger partial charge in [-0.2, -0.15) is 9.61 Å². The Kier molecular flexibility index (Phi) is 4.81. The Labute approximate surface area is 184 Å². The smallest absolute Gasteiger partial charge is 0.326 e. The van der Waals surface area contributed by atoms with Crippen LogP contribution in [0.15, 0.2) is 40.6 Å². The maximum atomic E-state index is 13.4. The number of urea groups is 1. The molecule has 1 aliphatic heterocycles. The van der Waals surface area contributed by atoms with Gasteiger partial charge in [-0.25, -0.2) is 14.2 Å². The minimum Gasteiger partial charge on any atom is -0.367 e. The van der Waals surface area contributed by atoms with Crippen molar-refractivity contribution in [1.29, 1.82) is 0 Å². The molecule has 2 fully saturated rings. The molecule has 0 unspecified atom stereocenters. The number of hydrogen-bond acceptors (Lipinski definition) is 6. The monoisotopic (exact) mass is 485 g/mol. The van der Waals surface area contributed by atoms with Gasteiger partial charge in [0.25, 0.3) is 5.91 Å². The van der Waals surface area contributed by atoms with Gasteiger partial charge in [-0.3, -0.25) is 10.1 Å². The summed E-state index contributed by atoms with van der Waals surface area (Å²) in [5.41, 5.74) is 2.11. The molecule has 3 aromatic rings. The quantitative estimate of drug-likeness (QED) is 0.315. The van der Waals surface area contributed by atoms with Crippen LogP contribution in [0.5, 0.6) is 0 Å². The van der Waals surface area contributed by atoms with Crippen LogP contribution in [0, 0.1) is 5.82 Å². The van der Waals surface area contributed by atoms with Gasteiger partial charge in [0.2, 0.25) is 0 Å². The van der Waals surface area contributed by atoms with Gasteiger partial charge in [-0.15, -0.1) is 0 Å². The molecule has 0 spiro atoms. The number of nitrogens with one attached hydrogen (secondary N) is 4. The van der Waals surface area contributed by atoms with Gasteiger partial charge in [0.1, 0.15) is 23.1 Å². The summed E-state index contributed by atoms with van der Waals surface area (Å²) in [6.45, 7) is 0.427. The maximum absolute atomic E-state index is 13.4. The minimum atomic E-state index is -0.566. The van der Waals surface area contributed by atoms with E-state index in [2.05, 4.69) is 47.3 Å². The van der Waals surface area contributed by atoms with Crippen LogP contribution in [0.1, 0.15) is 24.0 Å². The van der Waals surface area contributed by atoms with E-state index in [0.29, 0.717) is 34.1 Å². The summed E-state index contributed by atoms with van der Waals surface area (Å²) in [5, 5.41) is 15.7. The van der Waals surface area contributed by atoms with Crippen LogP contribution < -0.4 is 21.3 Å². The number of hydrogen-bond donors (Lipinski definition) is 4. The van der Waals surface area contributed by atoms with Crippen molar-refractivity contribution in [3.05, 3.63) is 57.6 Å². The fraction of sp³-hybridized carbons (Fsp3) is 0.200. The molecule has 0 radical (unpaired) electrons. The molecule has 11 heteroatoms. The molecule has 5 rings (SSSR count). The number of carbonyl (C=O) groups is 2. The third-order valence-electron chi connectivity index (χ3n) is 4.92. The molecule has 0 atom stereocenters. The van der Waals surface area contributed by atoms with Crippen LogP contribution in [-0.4, -0.2) is 32.6 Å². The van der Waals surface area contributed by atoms with E-state index in [9.17, 15) is 14.0 Å². The first kappa shape index (κ1) is 19.5.